The lowest BCUT2D eigenvalue weighted by Gasteiger charge is -2.11. The molecule has 96 valence electrons. The molecular weight excluding hydrogens is 234 g/mol. The van der Waals surface area contributed by atoms with Gasteiger partial charge in [-0.3, -0.25) is 0 Å². The van der Waals surface area contributed by atoms with Crippen molar-refractivity contribution >= 4 is 11.8 Å². The molecule has 0 aliphatic rings. The van der Waals surface area contributed by atoms with Crippen molar-refractivity contribution in [3.63, 3.8) is 0 Å². The third-order valence-corrected chi connectivity index (χ3v) is 3.87. The summed E-state index contributed by atoms with van der Waals surface area (Å²) in [5, 5.41) is 8.96. The highest BCUT2D eigenvalue weighted by atomic mass is 32.2. The molecule has 1 unspecified atom stereocenters. The van der Waals surface area contributed by atoms with E-state index in [9.17, 15) is 0 Å². The summed E-state index contributed by atoms with van der Waals surface area (Å²) in [5.41, 5.74) is 7.92. The summed E-state index contributed by atoms with van der Waals surface area (Å²) in [7, 11) is 1.68. The zero-order valence-electron chi connectivity index (χ0n) is 10.5. The molecule has 1 aromatic rings. The largest absolute Gasteiger partial charge is 0.496 e. The fraction of sp³-hybridized carbons (Fsp3) is 0.538. The first-order chi connectivity index (χ1) is 8.21. The van der Waals surface area contributed by atoms with E-state index >= 15 is 0 Å². The van der Waals surface area contributed by atoms with Crippen molar-refractivity contribution in [1.29, 1.82) is 0 Å². The van der Waals surface area contributed by atoms with Crippen LogP contribution >= 0.6 is 11.8 Å². The van der Waals surface area contributed by atoms with E-state index in [2.05, 4.69) is 6.07 Å². The van der Waals surface area contributed by atoms with E-state index in [0.29, 0.717) is 12.5 Å². The van der Waals surface area contributed by atoms with Gasteiger partial charge in [-0.1, -0.05) is 13.0 Å². The van der Waals surface area contributed by atoms with Gasteiger partial charge in [0.2, 0.25) is 0 Å². The van der Waals surface area contributed by atoms with Crippen LogP contribution in [0.4, 0.5) is 0 Å². The lowest BCUT2D eigenvalue weighted by atomic mass is 10.1. The van der Waals surface area contributed by atoms with Crippen LogP contribution in [-0.2, 0) is 12.3 Å². The molecule has 0 radical (unpaired) electrons. The Morgan fingerprint density at radius 2 is 2.24 bits per heavy atom. The van der Waals surface area contributed by atoms with Gasteiger partial charge in [-0.05, 0) is 29.4 Å². The Kier molecular flexibility index (Phi) is 6.40. The summed E-state index contributed by atoms with van der Waals surface area (Å²) in [6.07, 6.45) is 0. The molecule has 3 nitrogen and oxygen atoms in total. The fourth-order valence-electron chi connectivity index (χ4n) is 1.49. The molecule has 0 aromatic heterocycles. The summed E-state index contributed by atoms with van der Waals surface area (Å²) in [6, 6.07) is 6.05. The number of nitrogens with two attached hydrogens (primary N) is 1. The molecule has 4 heteroatoms. The third kappa shape index (κ3) is 4.58. The van der Waals surface area contributed by atoms with Gasteiger partial charge < -0.3 is 15.6 Å². The first kappa shape index (κ1) is 14.4. The summed E-state index contributed by atoms with van der Waals surface area (Å²) in [4.78, 5) is 0. The van der Waals surface area contributed by atoms with Gasteiger partial charge in [-0.2, -0.15) is 11.8 Å². The fourth-order valence-corrected chi connectivity index (χ4v) is 2.57. The van der Waals surface area contributed by atoms with Gasteiger partial charge in [-0.25, -0.2) is 0 Å². The Morgan fingerprint density at radius 3 is 2.82 bits per heavy atom. The first-order valence-corrected chi connectivity index (χ1v) is 6.91. The Morgan fingerprint density at radius 1 is 1.47 bits per heavy atom. The topological polar surface area (TPSA) is 55.5 Å². The lowest BCUT2D eigenvalue weighted by Crippen LogP contribution is -2.04. The third-order valence-electron chi connectivity index (χ3n) is 2.55. The minimum absolute atomic E-state index is 0.243. The normalized spacial score (nSPS) is 12.5. The molecule has 0 aliphatic carbocycles. The number of benzene rings is 1. The van der Waals surface area contributed by atoms with Gasteiger partial charge in [0.25, 0.3) is 0 Å². The molecule has 0 saturated heterocycles. The van der Waals surface area contributed by atoms with Crippen molar-refractivity contribution in [2.45, 2.75) is 19.2 Å². The van der Waals surface area contributed by atoms with E-state index in [4.69, 9.17) is 15.6 Å². The maximum Gasteiger partial charge on any atom is 0.122 e. The van der Waals surface area contributed by atoms with E-state index in [1.54, 1.807) is 18.9 Å². The minimum atomic E-state index is 0.243. The summed E-state index contributed by atoms with van der Waals surface area (Å²) in [6.45, 7) is 2.84. The second kappa shape index (κ2) is 7.58. The van der Waals surface area contributed by atoms with Crippen LogP contribution in [-0.4, -0.2) is 24.6 Å². The van der Waals surface area contributed by atoms with Crippen LogP contribution in [0.3, 0.4) is 0 Å². The number of rotatable bonds is 7. The predicted molar refractivity (Wildman–Crippen MR) is 73.3 cm³/mol. The van der Waals surface area contributed by atoms with Crippen LogP contribution in [0.25, 0.3) is 0 Å². The molecular formula is C13H21NO2S. The average Bonchev–Trinajstić information content (AvgIpc) is 2.38. The molecule has 0 aliphatic heterocycles. The van der Waals surface area contributed by atoms with Gasteiger partial charge in [0, 0.05) is 24.5 Å². The SMILES string of the molecule is COc1ccc(CN)cc1CSCC(C)CO. The molecule has 17 heavy (non-hydrogen) atoms. The number of ether oxygens (including phenoxy) is 1. The van der Waals surface area contributed by atoms with E-state index in [1.165, 1.54) is 5.56 Å². The van der Waals surface area contributed by atoms with Crippen molar-refractivity contribution in [2.24, 2.45) is 11.7 Å². The van der Waals surface area contributed by atoms with E-state index in [1.807, 2.05) is 19.1 Å². The summed E-state index contributed by atoms with van der Waals surface area (Å²) < 4.78 is 5.33. The average molecular weight is 255 g/mol. The van der Waals surface area contributed by atoms with Gasteiger partial charge in [0.1, 0.15) is 5.75 Å². The molecule has 1 aromatic carbocycles. The molecule has 1 rings (SSSR count). The highest BCUT2D eigenvalue weighted by Gasteiger charge is 2.06. The number of hydrogen-bond acceptors (Lipinski definition) is 4. The second-order valence-corrected chi connectivity index (χ2v) is 5.18. The number of aliphatic hydroxyl groups excluding tert-OH is 1. The van der Waals surface area contributed by atoms with Crippen LogP contribution in [0.1, 0.15) is 18.1 Å². The minimum Gasteiger partial charge on any atom is -0.496 e. The van der Waals surface area contributed by atoms with Crippen molar-refractivity contribution in [3.8, 4) is 5.75 Å². The molecule has 1 atom stereocenters. The van der Waals surface area contributed by atoms with Crippen molar-refractivity contribution in [2.75, 3.05) is 19.5 Å². The van der Waals surface area contributed by atoms with Crippen LogP contribution in [0.15, 0.2) is 18.2 Å². The molecule has 0 bridgehead atoms. The number of thioether (sulfide) groups is 1. The molecule has 0 amide bonds. The number of aliphatic hydroxyl groups is 1. The molecule has 0 fully saturated rings. The van der Waals surface area contributed by atoms with Crippen LogP contribution in [0, 0.1) is 5.92 Å². The molecule has 0 spiro atoms. The standard InChI is InChI=1S/C13H21NO2S/c1-10(7-15)8-17-9-12-5-11(6-14)3-4-13(12)16-2/h3-5,10,15H,6-9,14H2,1-2H3. The zero-order valence-corrected chi connectivity index (χ0v) is 11.3. The molecule has 0 heterocycles. The van der Waals surface area contributed by atoms with Gasteiger partial charge in [-0.15, -0.1) is 0 Å². The smallest absolute Gasteiger partial charge is 0.122 e. The highest BCUT2D eigenvalue weighted by Crippen LogP contribution is 2.25. The Bertz CT molecular complexity index is 344. The Balaban J connectivity index is 2.61. The highest BCUT2D eigenvalue weighted by molar-refractivity contribution is 7.98. The molecule has 0 saturated carbocycles. The first-order valence-electron chi connectivity index (χ1n) is 5.75. The maximum absolute atomic E-state index is 8.96. The van der Waals surface area contributed by atoms with Crippen LogP contribution in [0.2, 0.25) is 0 Å². The lowest BCUT2D eigenvalue weighted by molar-refractivity contribution is 0.250. The Hall–Kier alpha value is -0.710. The van der Waals surface area contributed by atoms with E-state index in [0.717, 1.165) is 22.8 Å². The van der Waals surface area contributed by atoms with Crippen molar-refractivity contribution in [3.05, 3.63) is 29.3 Å². The molecule has 3 N–H and O–H groups in total. The van der Waals surface area contributed by atoms with E-state index in [-0.39, 0.29) is 6.61 Å². The predicted octanol–water partition coefficient (Wildman–Crippen LogP) is 2.02. The van der Waals surface area contributed by atoms with Crippen molar-refractivity contribution in [1.82, 2.24) is 0 Å². The Labute approximate surface area is 107 Å². The quantitative estimate of drug-likeness (QED) is 0.782. The monoisotopic (exact) mass is 255 g/mol. The van der Waals surface area contributed by atoms with Gasteiger partial charge in [0.05, 0.1) is 7.11 Å². The number of hydrogen-bond donors (Lipinski definition) is 2. The van der Waals surface area contributed by atoms with Gasteiger partial charge >= 0.3 is 0 Å². The zero-order chi connectivity index (χ0) is 12.7. The van der Waals surface area contributed by atoms with Crippen molar-refractivity contribution < 1.29 is 9.84 Å². The van der Waals surface area contributed by atoms with E-state index < -0.39 is 0 Å². The summed E-state index contributed by atoms with van der Waals surface area (Å²) >= 11 is 1.81. The van der Waals surface area contributed by atoms with Crippen LogP contribution < -0.4 is 10.5 Å². The number of methoxy groups -OCH3 is 1. The second-order valence-electron chi connectivity index (χ2n) is 4.15. The summed E-state index contributed by atoms with van der Waals surface area (Å²) in [5.74, 6) is 3.09. The maximum atomic E-state index is 8.96. The van der Waals surface area contributed by atoms with Gasteiger partial charge in [0.15, 0.2) is 0 Å². The van der Waals surface area contributed by atoms with Crippen LogP contribution in [0.5, 0.6) is 5.75 Å².